The number of carboxylic acids is 1. The van der Waals surface area contributed by atoms with E-state index in [1.807, 2.05) is 12.1 Å². The van der Waals surface area contributed by atoms with E-state index < -0.39 is 22.8 Å². The van der Waals surface area contributed by atoms with Crippen molar-refractivity contribution in [2.45, 2.75) is 12.5 Å². The summed E-state index contributed by atoms with van der Waals surface area (Å²) in [6.45, 7) is 0. The number of para-hydroxylation sites is 1. The van der Waals surface area contributed by atoms with Crippen molar-refractivity contribution < 1.29 is 19.6 Å². The van der Waals surface area contributed by atoms with E-state index in [0.29, 0.717) is 11.1 Å². The van der Waals surface area contributed by atoms with Crippen LogP contribution >= 0.6 is 0 Å². The number of amides is 1. The first kappa shape index (κ1) is 18.0. The SMILES string of the molecule is O=C(N[C@H](Cc1ccc([N+](=O)[O-])cc1)C(=O)O)c1ccc2ccccc2n1. The number of nitro groups is 1. The highest BCUT2D eigenvalue weighted by Crippen LogP contribution is 2.14. The van der Waals surface area contributed by atoms with E-state index >= 15 is 0 Å². The van der Waals surface area contributed by atoms with Crippen LogP contribution in [-0.2, 0) is 11.2 Å². The summed E-state index contributed by atoms with van der Waals surface area (Å²) in [7, 11) is 0. The van der Waals surface area contributed by atoms with Crippen LogP contribution in [0.15, 0.2) is 60.7 Å². The zero-order valence-electron chi connectivity index (χ0n) is 14.0. The van der Waals surface area contributed by atoms with Crippen LogP contribution in [0.1, 0.15) is 16.1 Å². The summed E-state index contributed by atoms with van der Waals surface area (Å²) in [6.07, 6.45) is -0.00729. The molecule has 0 aliphatic carbocycles. The maximum Gasteiger partial charge on any atom is 0.326 e. The van der Waals surface area contributed by atoms with Gasteiger partial charge in [0.05, 0.1) is 10.4 Å². The minimum atomic E-state index is -1.21. The lowest BCUT2D eigenvalue weighted by molar-refractivity contribution is -0.384. The molecule has 0 saturated heterocycles. The van der Waals surface area contributed by atoms with Crippen LogP contribution in [0.25, 0.3) is 10.9 Å². The number of pyridine rings is 1. The van der Waals surface area contributed by atoms with Crippen LogP contribution in [0, 0.1) is 10.1 Å². The number of benzene rings is 2. The lowest BCUT2D eigenvalue weighted by Gasteiger charge is -2.14. The Morgan fingerprint density at radius 3 is 2.44 bits per heavy atom. The summed E-state index contributed by atoms with van der Waals surface area (Å²) in [4.78, 5) is 38.3. The quantitative estimate of drug-likeness (QED) is 0.511. The number of carbonyl (C=O) groups is 2. The number of aromatic nitrogens is 1. The second kappa shape index (κ2) is 7.61. The predicted molar refractivity (Wildman–Crippen MR) is 97.4 cm³/mol. The van der Waals surface area contributed by atoms with Gasteiger partial charge in [-0.2, -0.15) is 0 Å². The Balaban J connectivity index is 1.75. The molecule has 1 atom stereocenters. The van der Waals surface area contributed by atoms with Crippen molar-refractivity contribution in [3.05, 3.63) is 82.0 Å². The zero-order chi connectivity index (χ0) is 19.4. The van der Waals surface area contributed by atoms with Crippen molar-refractivity contribution in [3.63, 3.8) is 0 Å². The van der Waals surface area contributed by atoms with Gasteiger partial charge in [-0.05, 0) is 17.7 Å². The summed E-state index contributed by atoms with van der Waals surface area (Å²) in [5.41, 5.74) is 1.21. The van der Waals surface area contributed by atoms with Crippen molar-refractivity contribution in [2.24, 2.45) is 0 Å². The summed E-state index contributed by atoms with van der Waals surface area (Å²) >= 11 is 0. The normalized spacial score (nSPS) is 11.7. The van der Waals surface area contributed by atoms with Crippen molar-refractivity contribution in [1.82, 2.24) is 10.3 Å². The number of rotatable bonds is 6. The third-order valence-corrected chi connectivity index (χ3v) is 4.02. The lowest BCUT2D eigenvalue weighted by Crippen LogP contribution is -2.42. The first-order valence-electron chi connectivity index (χ1n) is 8.07. The number of fused-ring (bicyclic) bond motifs is 1. The van der Waals surface area contributed by atoms with Crippen molar-refractivity contribution in [3.8, 4) is 0 Å². The molecule has 3 aromatic rings. The molecule has 0 spiro atoms. The minimum absolute atomic E-state index is 0.00729. The van der Waals surface area contributed by atoms with Gasteiger partial charge in [-0.3, -0.25) is 14.9 Å². The van der Waals surface area contributed by atoms with E-state index in [-0.39, 0.29) is 17.8 Å². The van der Waals surface area contributed by atoms with Crippen LogP contribution < -0.4 is 5.32 Å². The summed E-state index contributed by atoms with van der Waals surface area (Å²) in [6, 6.07) is 14.9. The molecule has 0 bridgehead atoms. The van der Waals surface area contributed by atoms with Gasteiger partial charge in [0.2, 0.25) is 0 Å². The monoisotopic (exact) mass is 365 g/mol. The van der Waals surface area contributed by atoms with Crippen LogP contribution in [0.2, 0.25) is 0 Å². The van der Waals surface area contributed by atoms with Gasteiger partial charge in [-0.15, -0.1) is 0 Å². The average Bonchev–Trinajstić information content (AvgIpc) is 2.67. The molecule has 1 aromatic heterocycles. The number of non-ortho nitro benzene ring substituents is 1. The van der Waals surface area contributed by atoms with Crippen molar-refractivity contribution >= 4 is 28.5 Å². The van der Waals surface area contributed by atoms with E-state index in [2.05, 4.69) is 10.3 Å². The van der Waals surface area contributed by atoms with Gasteiger partial charge in [-0.1, -0.05) is 36.4 Å². The highest BCUT2D eigenvalue weighted by molar-refractivity contribution is 5.97. The maximum absolute atomic E-state index is 12.4. The molecule has 27 heavy (non-hydrogen) atoms. The van der Waals surface area contributed by atoms with E-state index in [4.69, 9.17) is 0 Å². The number of carbonyl (C=O) groups excluding carboxylic acids is 1. The van der Waals surface area contributed by atoms with Gasteiger partial charge in [0.15, 0.2) is 0 Å². The third kappa shape index (κ3) is 4.24. The first-order chi connectivity index (χ1) is 12.9. The Morgan fingerprint density at radius 1 is 1.07 bits per heavy atom. The summed E-state index contributed by atoms with van der Waals surface area (Å²) in [5, 5.41) is 23.4. The molecule has 0 aliphatic heterocycles. The van der Waals surface area contributed by atoms with Gasteiger partial charge in [0, 0.05) is 23.9 Å². The molecule has 0 fully saturated rings. The minimum Gasteiger partial charge on any atom is -0.480 e. The molecule has 136 valence electrons. The molecule has 8 nitrogen and oxygen atoms in total. The fourth-order valence-electron chi connectivity index (χ4n) is 2.61. The molecule has 3 rings (SSSR count). The average molecular weight is 365 g/mol. The highest BCUT2D eigenvalue weighted by Gasteiger charge is 2.22. The summed E-state index contributed by atoms with van der Waals surface area (Å²) in [5.74, 6) is -1.81. The Morgan fingerprint density at radius 2 is 1.78 bits per heavy atom. The van der Waals surface area contributed by atoms with Crippen LogP contribution in [0.3, 0.4) is 0 Å². The van der Waals surface area contributed by atoms with E-state index in [9.17, 15) is 24.8 Å². The van der Waals surface area contributed by atoms with Crippen LogP contribution in [-0.4, -0.2) is 32.9 Å². The Bertz CT molecular complexity index is 1020. The highest BCUT2D eigenvalue weighted by atomic mass is 16.6. The largest absolute Gasteiger partial charge is 0.480 e. The van der Waals surface area contributed by atoms with E-state index in [1.54, 1.807) is 18.2 Å². The second-order valence-corrected chi connectivity index (χ2v) is 5.88. The number of nitrogens with zero attached hydrogens (tertiary/aromatic N) is 2. The molecule has 0 radical (unpaired) electrons. The molecular weight excluding hydrogens is 350 g/mol. The zero-order valence-corrected chi connectivity index (χ0v) is 14.0. The topological polar surface area (TPSA) is 122 Å². The van der Waals surface area contributed by atoms with Crippen LogP contribution in [0.5, 0.6) is 0 Å². The molecule has 2 N–H and O–H groups in total. The lowest BCUT2D eigenvalue weighted by atomic mass is 10.1. The third-order valence-electron chi connectivity index (χ3n) is 4.02. The number of nitrogens with one attached hydrogen (secondary N) is 1. The fourth-order valence-corrected chi connectivity index (χ4v) is 2.61. The number of carboxylic acid groups (broad SMARTS) is 1. The van der Waals surface area contributed by atoms with Crippen molar-refractivity contribution in [1.29, 1.82) is 0 Å². The number of hydrogen-bond donors (Lipinski definition) is 2. The van der Waals surface area contributed by atoms with Crippen molar-refractivity contribution in [2.75, 3.05) is 0 Å². The smallest absolute Gasteiger partial charge is 0.326 e. The standard InChI is InChI=1S/C19H15N3O5/c23-18(16-10-7-13-3-1-2-4-15(13)20-16)21-17(19(24)25)11-12-5-8-14(9-6-12)22(26)27/h1-10,17H,11H2,(H,21,23)(H,24,25)/t17-/m1/s1. The van der Waals surface area contributed by atoms with E-state index in [0.717, 1.165) is 5.39 Å². The predicted octanol–water partition coefficient (Wildman–Crippen LogP) is 2.57. The van der Waals surface area contributed by atoms with E-state index in [1.165, 1.54) is 30.3 Å². The Labute approximate surface area is 153 Å². The Kier molecular flexibility index (Phi) is 5.07. The maximum atomic E-state index is 12.4. The van der Waals surface area contributed by atoms with Gasteiger partial charge < -0.3 is 10.4 Å². The van der Waals surface area contributed by atoms with Gasteiger partial charge in [0.1, 0.15) is 11.7 Å². The number of aliphatic carboxylic acids is 1. The molecule has 2 aromatic carbocycles. The second-order valence-electron chi connectivity index (χ2n) is 5.88. The molecule has 8 heteroatoms. The van der Waals surface area contributed by atoms with Gasteiger partial charge >= 0.3 is 5.97 Å². The number of hydrogen-bond acceptors (Lipinski definition) is 5. The Hall–Kier alpha value is -3.81. The molecule has 0 aliphatic rings. The molecule has 1 heterocycles. The summed E-state index contributed by atoms with van der Waals surface area (Å²) < 4.78 is 0. The van der Waals surface area contributed by atoms with Gasteiger partial charge in [-0.25, -0.2) is 9.78 Å². The van der Waals surface area contributed by atoms with Gasteiger partial charge in [0.25, 0.3) is 11.6 Å². The fraction of sp³-hybridized carbons (Fsp3) is 0.105. The first-order valence-corrected chi connectivity index (χ1v) is 8.07. The molecule has 0 unspecified atom stereocenters. The molecule has 1 amide bonds. The number of nitro benzene ring substituents is 1. The molecule has 0 saturated carbocycles. The van der Waals surface area contributed by atoms with Crippen LogP contribution in [0.4, 0.5) is 5.69 Å². The molecular formula is C19H15N3O5.